The molecule has 0 saturated carbocycles. The third-order valence-corrected chi connectivity index (χ3v) is 2.25. The minimum Gasteiger partial charge on any atom is -0.287 e. The van der Waals surface area contributed by atoms with Gasteiger partial charge in [0.15, 0.2) is 0 Å². The van der Waals surface area contributed by atoms with Gasteiger partial charge in [-0.05, 0) is 48.9 Å². The van der Waals surface area contributed by atoms with Crippen LogP contribution in [-0.4, -0.2) is 10.8 Å². The zero-order valence-corrected chi connectivity index (χ0v) is 8.77. The Bertz CT molecular complexity index is 520. The normalized spacial score (nSPS) is 10.1. The number of aromatic nitrogens is 1. The van der Waals surface area contributed by atoms with Gasteiger partial charge in [-0.2, -0.15) is 0 Å². The highest BCUT2D eigenvalue weighted by atomic mass is 19.1. The van der Waals surface area contributed by atoms with E-state index < -0.39 is 0 Å². The zero-order chi connectivity index (χ0) is 11.5. The summed E-state index contributed by atoms with van der Waals surface area (Å²) < 4.78 is 12.7. The van der Waals surface area contributed by atoms with Crippen LogP contribution in [0, 0.1) is 12.7 Å². The van der Waals surface area contributed by atoms with Crippen molar-refractivity contribution in [3.8, 4) is 0 Å². The molecule has 1 aromatic heterocycles. The van der Waals surface area contributed by atoms with Crippen LogP contribution < -0.4 is 0 Å². The van der Waals surface area contributed by atoms with Crippen molar-refractivity contribution in [1.29, 1.82) is 0 Å². The average Bonchev–Trinajstić information content (AvgIpc) is 2.29. The fraction of sp³-hybridized carbons (Fsp3) is 0.0769. The summed E-state index contributed by atoms with van der Waals surface area (Å²) in [7, 11) is 0. The largest absolute Gasteiger partial charge is 0.287 e. The SMILES string of the molecule is Cc1ccnc(C(=O)c2ccc(F)cc2)c1. The number of nitrogens with zero attached hydrogens (tertiary/aromatic N) is 1. The van der Waals surface area contributed by atoms with E-state index in [1.807, 2.05) is 13.0 Å². The van der Waals surface area contributed by atoms with Crippen LogP contribution in [0.5, 0.6) is 0 Å². The predicted octanol–water partition coefficient (Wildman–Crippen LogP) is 2.76. The molecule has 0 aliphatic rings. The maximum atomic E-state index is 12.7. The van der Waals surface area contributed by atoms with Crippen molar-refractivity contribution in [1.82, 2.24) is 4.98 Å². The van der Waals surface area contributed by atoms with Gasteiger partial charge in [0.1, 0.15) is 11.5 Å². The van der Waals surface area contributed by atoms with Gasteiger partial charge in [-0.1, -0.05) is 0 Å². The van der Waals surface area contributed by atoms with Crippen LogP contribution in [0.3, 0.4) is 0 Å². The first kappa shape index (κ1) is 10.5. The van der Waals surface area contributed by atoms with Crippen LogP contribution in [0.4, 0.5) is 4.39 Å². The smallest absolute Gasteiger partial charge is 0.211 e. The molecule has 1 heterocycles. The lowest BCUT2D eigenvalue weighted by molar-refractivity contribution is 0.103. The van der Waals surface area contributed by atoms with E-state index in [4.69, 9.17) is 0 Å². The number of ketones is 1. The number of carbonyl (C=O) groups excluding carboxylic acids is 1. The Morgan fingerprint density at radius 1 is 1.19 bits per heavy atom. The number of hydrogen-bond acceptors (Lipinski definition) is 2. The maximum absolute atomic E-state index is 12.7. The van der Waals surface area contributed by atoms with Gasteiger partial charge in [0.2, 0.25) is 5.78 Å². The van der Waals surface area contributed by atoms with Crippen molar-refractivity contribution in [2.75, 3.05) is 0 Å². The molecule has 0 bridgehead atoms. The lowest BCUT2D eigenvalue weighted by atomic mass is 10.1. The van der Waals surface area contributed by atoms with E-state index in [1.165, 1.54) is 24.3 Å². The van der Waals surface area contributed by atoms with Crippen molar-refractivity contribution < 1.29 is 9.18 Å². The van der Waals surface area contributed by atoms with Gasteiger partial charge >= 0.3 is 0 Å². The van der Waals surface area contributed by atoms with E-state index in [-0.39, 0.29) is 11.6 Å². The molecule has 0 aliphatic carbocycles. The number of aryl methyl sites for hydroxylation is 1. The average molecular weight is 215 g/mol. The summed E-state index contributed by atoms with van der Waals surface area (Å²) in [5, 5.41) is 0. The lowest BCUT2D eigenvalue weighted by Crippen LogP contribution is -2.04. The minimum absolute atomic E-state index is 0.191. The Hall–Kier alpha value is -2.03. The Morgan fingerprint density at radius 2 is 1.88 bits per heavy atom. The molecule has 2 nitrogen and oxygen atoms in total. The van der Waals surface area contributed by atoms with Crippen molar-refractivity contribution in [3.63, 3.8) is 0 Å². The standard InChI is InChI=1S/C13H10FNO/c1-9-6-7-15-12(8-9)13(16)10-2-4-11(14)5-3-10/h2-8H,1H3. The first-order valence-corrected chi connectivity index (χ1v) is 4.90. The quantitative estimate of drug-likeness (QED) is 0.721. The van der Waals surface area contributed by atoms with E-state index in [9.17, 15) is 9.18 Å². The van der Waals surface area contributed by atoms with Gasteiger partial charge in [-0.25, -0.2) is 4.39 Å². The molecular weight excluding hydrogens is 205 g/mol. The molecule has 0 radical (unpaired) electrons. The maximum Gasteiger partial charge on any atom is 0.211 e. The molecule has 0 spiro atoms. The summed E-state index contributed by atoms with van der Waals surface area (Å²) in [5.41, 5.74) is 1.80. The Kier molecular flexibility index (Phi) is 2.77. The fourth-order valence-electron chi connectivity index (χ4n) is 1.41. The summed E-state index contributed by atoms with van der Waals surface area (Å²) in [4.78, 5) is 15.9. The molecule has 0 saturated heterocycles. The second kappa shape index (κ2) is 4.23. The number of rotatable bonds is 2. The van der Waals surface area contributed by atoms with Gasteiger partial charge in [0.05, 0.1) is 0 Å². The molecule has 0 N–H and O–H groups in total. The van der Waals surface area contributed by atoms with Crippen LogP contribution in [0.15, 0.2) is 42.6 Å². The molecular formula is C13H10FNO. The van der Waals surface area contributed by atoms with Crippen LogP contribution >= 0.6 is 0 Å². The van der Waals surface area contributed by atoms with Crippen LogP contribution in [0.25, 0.3) is 0 Å². The van der Waals surface area contributed by atoms with Crippen LogP contribution in [0.2, 0.25) is 0 Å². The van der Waals surface area contributed by atoms with Crippen LogP contribution in [0.1, 0.15) is 21.6 Å². The Labute approximate surface area is 92.8 Å². The highest BCUT2D eigenvalue weighted by Crippen LogP contribution is 2.09. The molecule has 2 rings (SSSR count). The highest BCUT2D eigenvalue weighted by Gasteiger charge is 2.10. The van der Waals surface area contributed by atoms with Crippen molar-refractivity contribution in [3.05, 3.63) is 65.2 Å². The molecule has 1 aromatic carbocycles. The summed E-state index contributed by atoms with van der Waals surface area (Å²) in [6, 6.07) is 8.99. The van der Waals surface area contributed by atoms with Gasteiger partial charge in [0.25, 0.3) is 0 Å². The number of halogens is 1. The van der Waals surface area contributed by atoms with E-state index >= 15 is 0 Å². The second-order valence-electron chi connectivity index (χ2n) is 3.55. The van der Waals surface area contributed by atoms with Gasteiger partial charge in [-0.3, -0.25) is 9.78 Å². The third kappa shape index (κ3) is 2.14. The van der Waals surface area contributed by atoms with Crippen LogP contribution in [-0.2, 0) is 0 Å². The Morgan fingerprint density at radius 3 is 2.50 bits per heavy atom. The van der Waals surface area contributed by atoms with Crippen molar-refractivity contribution in [2.45, 2.75) is 6.92 Å². The highest BCUT2D eigenvalue weighted by molar-refractivity contribution is 6.07. The monoisotopic (exact) mass is 215 g/mol. The molecule has 80 valence electrons. The van der Waals surface area contributed by atoms with E-state index in [1.54, 1.807) is 12.3 Å². The van der Waals surface area contributed by atoms with Gasteiger partial charge in [0, 0.05) is 11.8 Å². The molecule has 3 heteroatoms. The van der Waals surface area contributed by atoms with E-state index in [0.717, 1.165) is 5.56 Å². The topological polar surface area (TPSA) is 30.0 Å². The second-order valence-corrected chi connectivity index (χ2v) is 3.55. The number of hydrogen-bond donors (Lipinski definition) is 0. The summed E-state index contributed by atoms with van der Waals surface area (Å²) in [5.74, 6) is -0.544. The van der Waals surface area contributed by atoms with E-state index in [0.29, 0.717) is 11.3 Å². The molecule has 0 amide bonds. The summed E-state index contributed by atoms with van der Waals surface area (Å²) in [6.07, 6.45) is 1.59. The van der Waals surface area contributed by atoms with E-state index in [2.05, 4.69) is 4.98 Å². The predicted molar refractivity (Wildman–Crippen MR) is 58.8 cm³/mol. The lowest BCUT2D eigenvalue weighted by Gasteiger charge is -2.01. The minimum atomic E-state index is -0.353. The van der Waals surface area contributed by atoms with Gasteiger partial charge < -0.3 is 0 Å². The molecule has 16 heavy (non-hydrogen) atoms. The number of pyridine rings is 1. The number of carbonyl (C=O) groups is 1. The number of benzene rings is 1. The fourth-order valence-corrected chi connectivity index (χ4v) is 1.41. The molecule has 2 aromatic rings. The molecule has 0 aliphatic heterocycles. The van der Waals surface area contributed by atoms with Gasteiger partial charge in [-0.15, -0.1) is 0 Å². The summed E-state index contributed by atoms with van der Waals surface area (Å²) in [6.45, 7) is 1.89. The first-order valence-electron chi connectivity index (χ1n) is 4.90. The zero-order valence-electron chi connectivity index (χ0n) is 8.77. The molecule has 0 unspecified atom stereocenters. The molecule has 0 fully saturated rings. The Balaban J connectivity index is 2.35. The van der Waals surface area contributed by atoms with Crippen molar-refractivity contribution >= 4 is 5.78 Å². The third-order valence-electron chi connectivity index (χ3n) is 2.25. The summed E-state index contributed by atoms with van der Waals surface area (Å²) >= 11 is 0. The molecule has 0 atom stereocenters. The van der Waals surface area contributed by atoms with Crippen molar-refractivity contribution in [2.24, 2.45) is 0 Å². The first-order chi connectivity index (χ1) is 7.66.